The van der Waals surface area contributed by atoms with E-state index in [1.54, 1.807) is 0 Å². The Morgan fingerprint density at radius 2 is 1.35 bits per heavy atom. The zero-order valence-electron chi connectivity index (χ0n) is 17.5. The minimum Gasteiger partial charge on any atom is -0.319 e. The van der Waals surface area contributed by atoms with Gasteiger partial charge < -0.3 is 9.05 Å². The van der Waals surface area contributed by atoms with Crippen molar-refractivity contribution in [2.75, 3.05) is 13.1 Å². The first-order valence-electron chi connectivity index (χ1n) is 10.9. The van der Waals surface area contributed by atoms with Crippen molar-refractivity contribution in [3.8, 4) is 0 Å². The van der Waals surface area contributed by atoms with Gasteiger partial charge in [0.1, 0.15) is 13.1 Å². The lowest BCUT2D eigenvalue weighted by Crippen LogP contribution is -2.44. The molecule has 31 heavy (non-hydrogen) atoms. The summed E-state index contributed by atoms with van der Waals surface area (Å²) in [5, 5.41) is 1.56. The molecule has 3 aromatic carbocycles. The molecule has 0 spiro atoms. The fourth-order valence-electron chi connectivity index (χ4n) is 4.85. The van der Waals surface area contributed by atoms with E-state index >= 15 is 0 Å². The summed E-state index contributed by atoms with van der Waals surface area (Å²) in [7, 11) is 0. The van der Waals surface area contributed by atoms with Gasteiger partial charge in [0.2, 0.25) is 0 Å². The lowest BCUT2D eigenvalue weighted by molar-refractivity contribution is -0.943. The highest BCUT2D eigenvalue weighted by molar-refractivity contribution is 6.30. The number of para-hydroxylation sites is 2. The summed E-state index contributed by atoms with van der Waals surface area (Å²) >= 11 is 12.2. The third kappa shape index (κ3) is 4.50. The number of imidazole rings is 1. The molecule has 0 atom stereocenters. The Hall–Kier alpha value is -2.33. The van der Waals surface area contributed by atoms with Crippen LogP contribution < -0.4 is 0 Å². The zero-order valence-corrected chi connectivity index (χ0v) is 19.0. The van der Waals surface area contributed by atoms with Crippen LogP contribution in [-0.4, -0.2) is 27.1 Å². The number of benzene rings is 3. The molecular formula is C26H26Cl2N3+. The molecule has 1 aliphatic heterocycles. The Morgan fingerprint density at radius 3 is 2.03 bits per heavy atom. The molecule has 5 rings (SSSR count). The molecule has 3 nitrogen and oxygen atoms in total. The van der Waals surface area contributed by atoms with Crippen LogP contribution in [0.4, 0.5) is 0 Å². The van der Waals surface area contributed by atoms with E-state index in [0.29, 0.717) is 0 Å². The van der Waals surface area contributed by atoms with Crippen LogP contribution in [0.5, 0.6) is 0 Å². The molecule has 1 aromatic heterocycles. The molecule has 0 bridgehead atoms. The number of rotatable bonds is 6. The quantitative estimate of drug-likeness (QED) is 0.298. The van der Waals surface area contributed by atoms with Gasteiger partial charge in [-0.05, 0) is 42.0 Å². The average molecular weight is 451 g/mol. The third-order valence-electron chi connectivity index (χ3n) is 6.41. The van der Waals surface area contributed by atoms with Gasteiger partial charge in [-0.3, -0.25) is 0 Å². The van der Waals surface area contributed by atoms with E-state index in [2.05, 4.69) is 53.1 Å². The first-order valence-corrected chi connectivity index (χ1v) is 11.6. The monoisotopic (exact) mass is 450 g/mol. The van der Waals surface area contributed by atoms with E-state index in [1.165, 1.54) is 42.6 Å². The van der Waals surface area contributed by atoms with E-state index in [4.69, 9.17) is 28.2 Å². The van der Waals surface area contributed by atoms with Crippen LogP contribution in [-0.2, 0) is 19.6 Å². The molecular weight excluding hydrogens is 425 g/mol. The number of hydrogen-bond donors (Lipinski definition) is 0. The van der Waals surface area contributed by atoms with Crippen molar-refractivity contribution in [1.29, 1.82) is 0 Å². The summed E-state index contributed by atoms with van der Waals surface area (Å²) in [4.78, 5) is 5.09. The molecule has 1 fully saturated rings. The van der Waals surface area contributed by atoms with Crippen LogP contribution >= 0.6 is 23.2 Å². The summed E-state index contributed by atoms with van der Waals surface area (Å²) in [6.07, 6.45) is 2.54. The Labute approximate surface area is 193 Å². The van der Waals surface area contributed by atoms with Crippen LogP contribution in [0.15, 0.2) is 72.8 Å². The highest BCUT2D eigenvalue weighted by Gasteiger charge is 2.34. The van der Waals surface area contributed by atoms with E-state index < -0.39 is 0 Å². The van der Waals surface area contributed by atoms with Crippen LogP contribution in [0.1, 0.15) is 29.8 Å². The topological polar surface area (TPSA) is 17.8 Å². The second kappa shape index (κ2) is 8.66. The standard InChI is InChI=1S/C26H26Cl2N3/c27-22-11-7-20(8-12-22)17-30-25-6-2-1-5-24(25)29-26(30)19-31(15-3-4-16-31)18-21-9-13-23(28)14-10-21/h1-2,5-14H,3-4,15-19H2/q+1. The van der Waals surface area contributed by atoms with E-state index in [1.807, 2.05) is 24.3 Å². The summed E-state index contributed by atoms with van der Waals surface area (Å²) in [5.41, 5.74) is 4.83. The summed E-state index contributed by atoms with van der Waals surface area (Å²) < 4.78 is 3.43. The van der Waals surface area contributed by atoms with Gasteiger partial charge in [-0.15, -0.1) is 0 Å². The van der Waals surface area contributed by atoms with E-state index in [0.717, 1.165) is 45.5 Å². The number of fused-ring (bicyclic) bond motifs is 1. The second-order valence-corrected chi connectivity index (χ2v) is 9.54. The molecule has 1 aliphatic rings. The smallest absolute Gasteiger partial charge is 0.165 e. The second-order valence-electron chi connectivity index (χ2n) is 8.67. The number of hydrogen-bond acceptors (Lipinski definition) is 1. The van der Waals surface area contributed by atoms with Crippen molar-refractivity contribution in [2.24, 2.45) is 0 Å². The van der Waals surface area contributed by atoms with Gasteiger partial charge >= 0.3 is 0 Å². The molecule has 2 heterocycles. The van der Waals surface area contributed by atoms with Gasteiger partial charge in [-0.1, -0.05) is 59.6 Å². The Bertz CT molecular complexity index is 1170. The van der Waals surface area contributed by atoms with E-state index in [-0.39, 0.29) is 0 Å². The van der Waals surface area contributed by atoms with Gasteiger partial charge in [0.05, 0.1) is 24.1 Å². The minimum absolute atomic E-state index is 0.768. The van der Waals surface area contributed by atoms with Crippen molar-refractivity contribution in [3.63, 3.8) is 0 Å². The predicted octanol–water partition coefficient (Wildman–Crippen LogP) is 6.70. The third-order valence-corrected chi connectivity index (χ3v) is 6.91. The fourth-order valence-corrected chi connectivity index (χ4v) is 5.10. The molecule has 1 saturated heterocycles. The Kier molecular flexibility index (Phi) is 5.75. The number of nitrogens with zero attached hydrogens (tertiary/aromatic N) is 3. The predicted molar refractivity (Wildman–Crippen MR) is 128 cm³/mol. The lowest BCUT2D eigenvalue weighted by atomic mass is 10.2. The highest BCUT2D eigenvalue weighted by atomic mass is 35.5. The molecule has 0 aliphatic carbocycles. The van der Waals surface area contributed by atoms with Crippen LogP contribution in [0.3, 0.4) is 0 Å². The fraction of sp³-hybridized carbons (Fsp3) is 0.269. The molecule has 0 saturated carbocycles. The average Bonchev–Trinajstić information content (AvgIpc) is 3.36. The number of aromatic nitrogens is 2. The summed E-state index contributed by atoms with van der Waals surface area (Å²) in [6.45, 7) is 5.12. The summed E-state index contributed by atoms with van der Waals surface area (Å²) in [5.74, 6) is 1.16. The van der Waals surface area contributed by atoms with Gasteiger partial charge in [0, 0.05) is 35.0 Å². The maximum atomic E-state index is 6.12. The van der Waals surface area contributed by atoms with Crippen LogP contribution in [0, 0.1) is 0 Å². The Balaban J connectivity index is 1.50. The maximum absolute atomic E-state index is 6.12. The molecule has 158 valence electrons. The van der Waals surface area contributed by atoms with Crippen LogP contribution in [0.25, 0.3) is 11.0 Å². The highest BCUT2D eigenvalue weighted by Crippen LogP contribution is 2.29. The molecule has 5 heteroatoms. The van der Waals surface area contributed by atoms with E-state index in [9.17, 15) is 0 Å². The number of likely N-dealkylation sites (tertiary alicyclic amines) is 1. The number of halogens is 2. The molecule has 0 amide bonds. The van der Waals surface area contributed by atoms with Crippen LogP contribution in [0.2, 0.25) is 10.0 Å². The zero-order chi connectivity index (χ0) is 21.3. The molecule has 0 unspecified atom stereocenters. The Morgan fingerprint density at radius 1 is 0.742 bits per heavy atom. The summed E-state index contributed by atoms with van der Waals surface area (Å²) in [6, 6.07) is 24.9. The van der Waals surface area contributed by atoms with Gasteiger partial charge in [0.15, 0.2) is 5.82 Å². The normalized spacial score (nSPS) is 15.5. The van der Waals surface area contributed by atoms with Gasteiger partial charge in [0.25, 0.3) is 0 Å². The van der Waals surface area contributed by atoms with Gasteiger partial charge in [-0.2, -0.15) is 0 Å². The maximum Gasteiger partial charge on any atom is 0.165 e. The molecule has 0 radical (unpaired) electrons. The van der Waals surface area contributed by atoms with Crippen molar-refractivity contribution in [3.05, 3.63) is 99.8 Å². The lowest BCUT2D eigenvalue weighted by Gasteiger charge is -2.34. The minimum atomic E-state index is 0.768. The SMILES string of the molecule is Clc1ccc(Cn2c(C[N+]3(Cc4ccc(Cl)cc4)CCCC3)nc3ccccc32)cc1. The van der Waals surface area contributed by atoms with Gasteiger partial charge in [-0.25, -0.2) is 4.98 Å². The van der Waals surface area contributed by atoms with Crippen molar-refractivity contribution in [1.82, 2.24) is 9.55 Å². The number of quaternary nitrogens is 1. The first-order chi connectivity index (χ1) is 15.1. The van der Waals surface area contributed by atoms with Crippen molar-refractivity contribution >= 4 is 34.2 Å². The first kappa shape index (κ1) is 20.6. The van der Waals surface area contributed by atoms with Crippen molar-refractivity contribution < 1.29 is 4.48 Å². The molecule has 4 aromatic rings. The van der Waals surface area contributed by atoms with Crippen molar-refractivity contribution in [2.45, 2.75) is 32.5 Å². The largest absolute Gasteiger partial charge is 0.319 e. The molecule has 0 N–H and O–H groups in total.